The molecule has 1 N–H and O–H groups in total. The van der Waals surface area contributed by atoms with E-state index in [9.17, 15) is 19.5 Å². The van der Waals surface area contributed by atoms with Crippen molar-refractivity contribution in [1.29, 1.82) is 0 Å². The summed E-state index contributed by atoms with van der Waals surface area (Å²) in [4.78, 5) is 41.1. The van der Waals surface area contributed by atoms with Crippen molar-refractivity contribution in [2.75, 3.05) is 20.3 Å². The fourth-order valence-corrected chi connectivity index (χ4v) is 5.10. The van der Waals surface area contributed by atoms with Crippen LogP contribution in [-0.2, 0) is 9.47 Å². The summed E-state index contributed by atoms with van der Waals surface area (Å²) >= 11 is 3.44. The number of aromatic hydroxyl groups is 1. The van der Waals surface area contributed by atoms with Gasteiger partial charge in [-0.25, -0.2) is 14.4 Å². The third-order valence-electron chi connectivity index (χ3n) is 6.60. The SMILES string of the molecule is CCOC(=O)c1c(-c2c(O)c3ccccc3oc2=O)c(-c2ccc(OC)cc2)n(-c2ccc(Br)cc2)c1C(=O)OCC. The molecular weight excluding hydrogens is 606 g/mol. The van der Waals surface area contributed by atoms with Crippen molar-refractivity contribution in [2.24, 2.45) is 0 Å². The molecule has 9 nitrogen and oxygen atoms in total. The Balaban J connectivity index is 2.04. The van der Waals surface area contributed by atoms with E-state index in [-0.39, 0.29) is 52.3 Å². The number of aromatic nitrogens is 1. The second kappa shape index (κ2) is 12.0. The number of carbonyl (C=O) groups is 2. The molecule has 214 valence electrons. The molecule has 0 fully saturated rings. The zero-order valence-electron chi connectivity index (χ0n) is 23.0. The standard InChI is InChI=1S/C32H26BrNO8/c1-4-40-30(36)25-24(26-29(35)22-8-6-7-9-23(22)42-31(26)37)27(18-10-16-21(39-3)17-11-18)34(28(25)32(38)41-5-2)20-14-12-19(33)13-15-20/h6-17,35H,4-5H2,1-3H3. The van der Waals surface area contributed by atoms with Crippen LogP contribution in [0, 0.1) is 0 Å². The van der Waals surface area contributed by atoms with Crippen LogP contribution in [0.25, 0.3) is 39.0 Å². The molecule has 42 heavy (non-hydrogen) atoms. The highest BCUT2D eigenvalue weighted by atomic mass is 79.9. The van der Waals surface area contributed by atoms with E-state index < -0.39 is 23.3 Å². The average molecular weight is 632 g/mol. The third-order valence-corrected chi connectivity index (χ3v) is 7.13. The van der Waals surface area contributed by atoms with Crippen molar-refractivity contribution in [3.8, 4) is 39.6 Å². The number of benzene rings is 3. The van der Waals surface area contributed by atoms with Crippen molar-refractivity contribution < 1.29 is 33.3 Å². The van der Waals surface area contributed by atoms with Gasteiger partial charge >= 0.3 is 17.6 Å². The highest BCUT2D eigenvalue weighted by Gasteiger charge is 2.37. The molecule has 0 atom stereocenters. The molecule has 0 amide bonds. The smallest absolute Gasteiger partial charge is 0.356 e. The second-order valence-corrected chi connectivity index (χ2v) is 9.95. The van der Waals surface area contributed by atoms with E-state index in [2.05, 4.69) is 15.9 Å². The molecule has 0 aliphatic heterocycles. The highest BCUT2D eigenvalue weighted by Crippen LogP contribution is 2.45. The number of esters is 2. The molecule has 0 aliphatic rings. The van der Waals surface area contributed by atoms with Crippen LogP contribution in [-0.4, -0.2) is 41.9 Å². The summed E-state index contributed by atoms with van der Waals surface area (Å²) < 4.78 is 24.1. The summed E-state index contributed by atoms with van der Waals surface area (Å²) in [6.45, 7) is 3.27. The van der Waals surface area contributed by atoms with Gasteiger partial charge in [0.25, 0.3) is 0 Å². The van der Waals surface area contributed by atoms with Gasteiger partial charge in [0, 0.05) is 15.7 Å². The minimum Gasteiger partial charge on any atom is -0.506 e. The fraction of sp³-hybridized carbons (Fsp3) is 0.156. The normalized spacial score (nSPS) is 11.0. The summed E-state index contributed by atoms with van der Waals surface area (Å²) in [7, 11) is 1.53. The van der Waals surface area contributed by atoms with Crippen LogP contribution in [0.4, 0.5) is 0 Å². The van der Waals surface area contributed by atoms with Gasteiger partial charge < -0.3 is 28.3 Å². The van der Waals surface area contributed by atoms with Crippen LogP contribution >= 0.6 is 15.9 Å². The molecule has 0 unspecified atom stereocenters. The van der Waals surface area contributed by atoms with Crippen LogP contribution < -0.4 is 10.4 Å². The number of fused-ring (bicyclic) bond motifs is 1. The largest absolute Gasteiger partial charge is 0.506 e. The first-order valence-electron chi connectivity index (χ1n) is 13.1. The Morgan fingerprint density at radius 2 is 1.52 bits per heavy atom. The Hall–Kier alpha value is -4.83. The summed E-state index contributed by atoms with van der Waals surface area (Å²) in [5.41, 5.74) is -0.280. The van der Waals surface area contributed by atoms with E-state index >= 15 is 0 Å². The number of nitrogens with zero attached hydrogens (tertiary/aromatic N) is 1. The van der Waals surface area contributed by atoms with Crippen molar-refractivity contribution in [3.63, 3.8) is 0 Å². The molecule has 10 heteroatoms. The Bertz CT molecular complexity index is 1850. The molecular formula is C32H26BrNO8. The quantitative estimate of drug-likeness (QED) is 0.148. The van der Waals surface area contributed by atoms with Gasteiger partial charge in [-0.1, -0.05) is 28.1 Å². The van der Waals surface area contributed by atoms with Gasteiger partial charge in [-0.3, -0.25) is 0 Å². The molecule has 5 aromatic rings. The molecule has 0 radical (unpaired) electrons. The lowest BCUT2D eigenvalue weighted by molar-refractivity contribution is 0.0473. The first-order valence-corrected chi connectivity index (χ1v) is 13.9. The number of para-hydroxylation sites is 1. The van der Waals surface area contributed by atoms with E-state index in [1.807, 2.05) is 0 Å². The molecule has 5 rings (SSSR count). The van der Waals surface area contributed by atoms with Crippen molar-refractivity contribution in [1.82, 2.24) is 4.57 Å². The molecule has 0 aliphatic carbocycles. The maximum atomic E-state index is 13.8. The maximum Gasteiger partial charge on any atom is 0.356 e. The average Bonchev–Trinajstić information content (AvgIpc) is 3.33. The zero-order chi connectivity index (χ0) is 30.0. The number of carbonyl (C=O) groups excluding carboxylic acids is 2. The van der Waals surface area contributed by atoms with Gasteiger partial charge in [0.2, 0.25) is 0 Å². The van der Waals surface area contributed by atoms with Crippen LogP contribution in [0.5, 0.6) is 11.5 Å². The highest BCUT2D eigenvalue weighted by molar-refractivity contribution is 9.10. The fourth-order valence-electron chi connectivity index (χ4n) is 4.84. The summed E-state index contributed by atoms with van der Waals surface area (Å²) in [6, 6.07) is 20.3. The van der Waals surface area contributed by atoms with Gasteiger partial charge in [-0.2, -0.15) is 0 Å². The number of rotatable bonds is 8. The van der Waals surface area contributed by atoms with E-state index in [1.54, 1.807) is 86.6 Å². The van der Waals surface area contributed by atoms with E-state index in [1.165, 1.54) is 11.7 Å². The monoisotopic (exact) mass is 631 g/mol. The molecule has 0 spiro atoms. The lowest BCUT2D eigenvalue weighted by Gasteiger charge is -2.15. The Labute approximate surface area is 249 Å². The molecule has 0 bridgehead atoms. The lowest BCUT2D eigenvalue weighted by Crippen LogP contribution is -2.17. The summed E-state index contributed by atoms with van der Waals surface area (Å²) in [5.74, 6) is -1.56. The van der Waals surface area contributed by atoms with Gasteiger partial charge in [0.1, 0.15) is 33.9 Å². The second-order valence-electron chi connectivity index (χ2n) is 9.04. The van der Waals surface area contributed by atoms with Gasteiger partial charge in [0.05, 0.1) is 31.4 Å². The van der Waals surface area contributed by atoms with E-state index in [0.29, 0.717) is 17.0 Å². The molecule has 2 aromatic heterocycles. The van der Waals surface area contributed by atoms with Crippen LogP contribution in [0.1, 0.15) is 34.7 Å². The van der Waals surface area contributed by atoms with Gasteiger partial charge in [-0.05, 0) is 80.1 Å². The van der Waals surface area contributed by atoms with Crippen molar-refractivity contribution in [2.45, 2.75) is 13.8 Å². The first kappa shape index (κ1) is 28.7. The van der Waals surface area contributed by atoms with Crippen molar-refractivity contribution >= 4 is 38.8 Å². The van der Waals surface area contributed by atoms with Gasteiger partial charge in [0.15, 0.2) is 0 Å². The number of hydrogen-bond donors (Lipinski definition) is 1. The van der Waals surface area contributed by atoms with Crippen LogP contribution in [0.15, 0.2) is 86.5 Å². The minimum atomic E-state index is -0.908. The first-order chi connectivity index (χ1) is 20.3. The predicted molar refractivity (Wildman–Crippen MR) is 161 cm³/mol. The third kappa shape index (κ3) is 5.05. The summed E-state index contributed by atoms with van der Waals surface area (Å²) in [6.07, 6.45) is 0. The number of ether oxygens (including phenoxy) is 3. The number of hydrogen-bond acceptors (Lipinski definition) is 8. The van der Waals surface area contributed by atoms with Gasteiger partial charge in [-0.15, -0.1) is 0 Å². The number of halogens is 1. The Kier molecular flexibility index (Phi) is 8.17. The topological polar surface area (TPSA) is 117 Å². The van der Waals surface area contributed by atoms with Crippen molar-refractivity contribution in [3.05, 3.63) is 98.9 Å². The number of methoxy groups -OCH3 is 1. The summed E-state index contributed by atoms with van der Waals surface area (Å²) in [5, 5.41) is 11.8. The van der Waals surface area contributed by atoms with Crippen LogP contribution in [0.2, 0.25) is 0 Å². The predicted octanol–water partition coefficient (Wildman–Crippen LogP) is 6.75. The Morgan fingerprint density at radius 1 is 0.881 bits per heavy atom. The zero-order valence-corrected chi connectivity index (χ0v) is 24.6. The van der Waals surface area contributed by atoms with E-state index in [4.69, 9.17) is 18.6 Å². The Morgan fingerprint density at radius 3 is 2.17 bits per heavy atom. The maximum absolute atomic E-state index is 13.8. The minimum absolute atomic E-state index is 0.0137. The molecule has 0 saturated heterocycles. The molecule has 2 heterocycles. The molecule has 0 saturated carbocycles. The lowest BCUT2D eigenvalue weighted by atomic mass is 9.96. The molecule has 3 aromatic carbocycles. The van der Waals surface area contributed by atoms with Crippen LogP contribution in [0.3, 0.4) is 0 Å². The van der Waals surface area contributed by atoms with E-state index in [0.717, 1.165) is 4.47 Å².